The van der Waals surface area contributed by atoms with Crippen LogP contribution in [0.1, 0.15) is 93.4 Å². The van der Waals surface area contributed by atoms with Crippen LogP contribution in [0, 0.1) is 46.8 Å². The molecule has 4 aliphatic carbocycles. The summed E-state index contributed by atoms with van der Waals surface area (Å²) in [6.45, 7) is 20.7. The summed E-state index contributed by atoms with van der Waals surface area (Å²) in [7, 11) is -1.84. The summed E-state index contributed by atoms with van der Waals surface area (Å²) in [5.74, 6) is 4.05. The highest BCUT2D eigenvalue weighted by Gasteiger charge is 2.70. The fourth-order valence-corrected chi connectivity index (χ4v) is 10.5. The second kappa shape index (κ2) is 7.82. The minimum atomic E-state index is -1.84. The molecule has 4 saturated carbocycles. The van der Waals surface area contributed by atoms with Crippen LogP contribution in [0.15, 0.2) is 0 Å². The highest BCUT2D eigenvalue weighted by atomic mass is 28.4. The number of terminal acetylenes is 1. The maximum Gasteiger partial charge on any atom is 0.192 e. The zero-order valence-electron chi connectivity index (χ0n) is 23.7. The van der Waals surface area contributed by atoms with E-state index in [1.807, 2.05) is 0 Å². The van der Waals surface area contributed by atoms with Gasteiger partial charge in [-0.05, 0) is 106 Å². The van der Waals surface area contributed by atoms with Gasteiger partial charge in [0.05, 0.1) is 12.2 Å². The van der Waals surface area contributed by atoms with Crippen molar-refractivity contribution in [1.82, 2.24) is 0 Å². The molecule has 1 heterocycles. The standard InChI is InChI=1S/C30H50O4Si/c1-11-30(31)17-14-21-23-20(13-16-29(21,30)8)28(7)15-12-19(34-35(9,10)26(2,3)4)18-22(28)24-25(23)33-27(5,6)32-24/h1,19-25,31H,12-18H2,2-10H3/t19-,20?,21?,22?,23?,24-,25-,28-,29+,30+/m1/s1. The first-order valence-corrected chi connectivity index (χ1v) is 17.1. The highest BCUT2D eigenvalue weighted by Crippen LogP contribution is 2.70. The Hall–Kier alpha value is -0.383. The fourth-order valence-electron chi connectivity index (χ4n) is 9.10. The summed E-state index contributed by atoms with van der Waals surface area (Å²) >= 11 is 0. The van der Waals surface area contributed by atoms with Crippen molar-refractivity contribution in [3.63, 3.8) is 0 Å². The molecule has 1 saturated heterocycles. The molecule has 0 aromatic rings. The minimum absolute atomic E-state index is 0.0736. The van der Waals surface area contributed by atoms with Crippen LogP contribution in [0.5, 0.6) is 0 Å². The summed E-state index contributed by atoms with van der Waals surface area (Å²) in [5, 5.41) is 11.7. The molecule has 4 nitrogen and oxygen atoms in total. The SMILES string of the molecule is C#C[C@]1(O)CCC2C3C(CC[C@@]21C)[C@@]1(C)CC[C@@H](O[Si](C)(C)C(C)(C)C)CC1[C@H]1OC(C)(C)O[C@H]31. The third kappa shape index (κ3) is 3.68. The zero-order chi connectivity index (χ0) is 25.8. The molecule has 5 rings (SSSR count). The van der Waals surface area contributed by atoms with Gasteiger partial charge in [0.25, 0.3) is 0 Å². The molecular formula is C30H50O4Si. The second-order valence-electron chi connectivity index (χ2n) is 15.2. The van der Waals surface area contributed by atoms with Crippen LogP contribution in [0.25, 0.3) is 0 Å². The maximum absolute atomic E-state index is 11.5. The van der Waals surface area contributed by atoms with Gasteiger partial charge in [0.15, 0.2) is 14.1 Å². The van der Waals surface area contributed by atoms with Crippen LogP contribution in [0.4, 0.5) is 0 Å². The van der Waals surface area contributed by atoms with E-state index in [0.29, 0.717) is 36.2 Å². The lowest BCUT2D eigenvalue weighted by molar-refractivity contribution is -0.197. The van der Waals surface area contributed by atoms with E-state index in [1.54, 1.807) is 0 Å². The Morgan fingerprint density at radius 1 is 0.914 bits per heavy atom. The summed E-state index contributed by atoms with van der Waals surface area (Å²) in [4.78, 5) is 0. The van der Waals surface area contributed by atoms with Gasteiger partial charge in [0, 0.05) is 11.5 Å². The molecule has 0 bridgehead atoms. The molecule has 5 fully saturated rings. The molecule has 0 amide bonds. The van der Waals surface area contributed by atoms with Crippen molar-refractivity contribution >= 4 is 8.32 Å². The molecule has 0 aromatic carbocycles. The van der Waals surface area contributed by atoms with Crippen molar-refractivity contribution in [2.24, 2.45) is 34.5 Å². The first-order chi connectivity index (χ1) is 16.0. The van der Waals surface area contributed by atoms with Crippen LogP contribution in [-0.4, -0.2) is 43.1 Å². The minimum Gasteiger partial charge on any atom is -0.414 e. The van der Waals surface area contributed by atoms with E-state index in [4.69, 9.17) is 20.3 Å². The van der Waals surface area contributed by atoms with Crippen molar-refractivity contribution in [2.45, 2.75) is 141 Å². The van der Waals surface area contributed by atoms with E-state index in [0.717, 1.165) is 32.1 Å². The number of aliphatic hydroxyl groups is 1. The van der Waals surface area contributed by atoms with Crippen LogP contribution in [0.2, 0.25) is 18.1 Å². The van der Waals surface area contributed by atoms with E-state index in [-0.39, 0.29) is 28.1 Å². The Labute approximate surface area is 215 Å². The molecule has 0 radical (unpaired) electrons. The summed E-state index contributed by atoms with van der Waals surface area (Å²) in [5.41, 5.74) is -1.03. The molecule has 0 aromatic heterocycles. The molecule has 35 heavy (non-hydrogen) atoms. The third-order valence-electron chi connectivity index (χ3n) is 12.1. The predicted octanol–water partition coefficient (Wildman–Crippen LogP) is 6.52. The van der Waals surface area contributed by atoms with E-state index < -0.39 is 19.7 Å². The number of fused-ring (bicyclic) bond motifs is 8. The highest BCUT2D eigenvalue weighted by molar-refractivity contribution is 6.74. The number of rotatable bonds is 2. The Morgan fingerprint density at radius 2 is 1.54 bits per heavy atom. The molecule has 10 atom stereocenters. The topological polar surface area (TPSA) is 47.9 Å². The van der Waals surface area contributed by atoms with Gasteiger partial charge in [-0.25, -0.2) is 0 Å². The molecule has 4 unspecified atom stereocenters. The molecule has 5 heteroatoms. The van der Waals surface area contributed by atoms with Gasteiger partial charge in [-0.1, -0.05) is 40.5 Å². The van der Waals surface area contributed by atoms with Crippen LogP contribution in [0.3, 0.4) is 0 Å². The molecule has 198 valence electrons. The number of hydrogen-bond donors (Lipinski definition) is 1. The summed E-state index contributed by atoms with van der Waals surface area (Å²) < 4.78 is 20.5. The average Bonchev–Trinajstić information content (AvgIpc) is 3.21. The van der Waals surface area contributed by atoms with E-state index in [1.165, 1.54) is 6.42 Å². The van der Waals surface area contributed by atoms with Crippen molar-refractivity contribution in [2.75, 3.05) is 0 Å². The lowest BCUT2D eigenvalue weighted by Crippen LogP contribution is -2.64. The van der Waals surface area contributed by atoms with Crippen molar-refractivity contribution in [3.05, 3.63) is 0 Å². The second-order valence-corrected chi connectivity index (χ2v) is 20.0. The Morgan fingerprint density at radius 3 is 2.17 bits per heavy atom. The smallest absolute Gasteiger partial charge is 0.192 e. The van der Waals surface area contributed by atoms with Gasteiger partial charge in [0.2, 0.25) is 0 Å². The fraction of sp³-hybridized carbons (Fsp3) is 0.933. The van der Waals surface area contributed by atoms with Gasteiger partial charge in [-0.15, -0.1) is 6.42 Å². The Kier molecular flexibility index (Phi) is 5.86. The predicted molar refractivity (Wildman–Crippen MR) is 142 cm³/mol. The molecule has 1 aliphatic heterocycles. The molecular weight excluding hydrogens is 452 g/mol. The van der Waals surface area contributed by atoms with Gasteiger partial charge in [-0.3, -0.25) is 0 Å². The first kappa shape index (κ1) is 26.2. The van der Waals surface area contributed by atoms with E-state index in [9.17, 15) is 5.11 Å². The maximum atomic E-state index is 11.5. The van der Waals surface area contributed by atoms with E-state index in [2.05, 4.69) is 67.5 Å². The summed E-state index contributed by atoms with van der Waals surface area (Å²) in [6, 6.07) is 0. The lowest BCUT2D eigenvalue weighted by Gasteiger charge is -2.64. The zero-order valence-corrected chi connectivity index (χ0v) is 24.7. The van der Waals surface area contributed by atoms with Gasteiger partial charge < -0.3 is 19.0 Å². The quantitative estimate of drug-likeness (QED) is 0.345. The number of hydrogen-bond acceptors (Lipinski definition) is 4. The lowest BCUT2D eigenvalue weighted by atomic mass is 9.43. The van der Waals surface area contributed by atoms with Crippen molar-refractivity contribution in [3.8, 4) is 12.3 Å². The normalized spacial score (nSPS) is 51.1. The van der Waals surface area contributed by atoms with Gasteiger partial charge >= 0.3 is 0 Å². The van der Waals surface area contributed by atoms with Crippen LogP contribution >= 0.6 is 0 Å². The monoisotopic (exact) mass is 502 g/mol. The van der Waals surface area contributed by atoms with Gasteiger partial charge in [-0.2, -0.15) is 0 Å². The van der Waals surface area contributed by atoms with Crippen molar-refractivity contribution < 1.29 is 19.0 Å². The largest absolute Gasteiger partial charge is 0.414 e. The number of ether oxygens (including phenoxy) is 2. The third-order valence-corrected chi connectivity index (χ3v) is 16.7. The Balaban J connectivity index is 1.49. The van der Waals surface area contributed by atoms with Crippen molar-refractivity contribution in [1.29, 1.82) is 0 Å². The van der Waals surface area contributed by atoms with E-state index >= 15 is 0 Å². The van der Waals surface area contributed by atoms with Crippen LogP contribution in [-0.2, 0) is 13.9 Å². The van der Waals surface area contributed by atoms with Crippen LogP contribution < -0.4 is 0 Å². The van der Waals surface area contributed by atoms with Gasteiger partial charge in [0.1, 0.15) is 5.60 Å². The molecule has 0 spiro atoms. The Bertz CT molecular complexity index is 901. The molecule has 5 aliphatic rings. The molecule has 1 N–H and O–H groups in total. The first-order valence-electron chi connectivity index (χ1n) is 14.2. The summed E-state index contributed by atoms with van der Waals surface area (Å²) in [6.07, 6.45) is 13.6. The average molecular weight is 503 g/mol.